The van der Waals surface area contributed by atoms with E-state index in [1.807, 2.05) is 0 Å². The topological polar surface area (TPSA) is 70.8 Å². The average Bonchev–Trinajstić information content (AvgIpc) is 2.17. The highest BCUT2D eigenvalue weighted by molar-refractivity contribution is 5.69. The molecule has 0 spiro atoms. The number of hydrogen-bond donors (Lipinski definition) is 1. The van der Waals surface area contributed by atoms with Gasteiger partial charge in [-0.15, -0.1) is 0 Å². The Morgan fingerprint density at radius 3 is 2.43 bits per heavy atom. The van der Waals surface area contributed by atoms with Gasteiger partial charge in [0.2, 0.25) is 0 Å². The van der Waals surface area contributed by atoms with E-state index in [1.165, 1.54) is 14.2 Å². The van der Waals surface area contributed by atoms with E-state index in [0.29, 0.717) is 11.5 Å². The molecule has 0 unspecified atom stereocenters. The fourth-order valence-corrected chi connectivity index (χ4v) is 0.968. The molecular weight excluding hydrogens is 186 g/mol. The van der Waals surface area contributed by atoms with Crippen LogP contribution in [0.4, 0.5) is 4.79 Å². The minimum Gasteiger partial charge on any atom is -0.497 e. The number of hydrogen-bond acceptors (Lipinski definition) is 4. The summed E-state index contributed by atoms with van der Waals surface area (Å²) >= 11 is 0. The van der Waals surface area contributed by atoms with Crippen LogP contribution in [0.5, 0.6) is 17.2 Å². The molecule has 2 N–H and O–H groups in total. The summed E-state index contributed by atoms with van der Waals surface area (Å²) in [6.45, 7) is 0. The van der Waals surface area contributed by atoms with Gasteiger partial charge in [0, 0.05) is 6.07 Å². The van der Waals surface area contributed by atoms with E-state index in [4.69, 9.17) is 19.9 Å². The zero-order chi connectivity index (χ0) is 10.6. The van der Waals surface area contributed by atoms with Crippen molar-refractivity contribution in [1.82, 2.24) is 0 Å². The van der Waals surface area contributed by atoms with Gasteiger partial charge < -0.3 is 19.9 Å². The Morgan fingerprint density at radius 1 is 1.21 bits per heavy atom. The SMILES string of the molecule is COc1ccc(OC(N)=O)c(OC)c1. The summed E-state index contributed by atoms with van der Waals surface area (Å²) in [6, 6.07) is 4.78. The zero-order valence-corrected chi connectivity index (χ0v) is 7.94. The lowest BCUT2D eigenvalue weighted by Gasteiger charge is -2.08. The van der Waals surface area contributed by atoms with Gasteiger partial charge in [0.1, 0.15) is 5.75 Å². The molecule has 0 aromatic heterocycles. The number of ether oxygens (including phenoxy) is 3. The first kappa shape index (κ1) is 10.2. The molecule has 0 aliphatic rings. The summed E-state index contributed by atoms with van der Waals surface area (Å²) in [7, 11) is 2.99. The van der Waals surface area contributed by atoms with Crippen molar-refractivity contribution in [2.24, 2.45) is 5.73 Å². The van der Waals surface area contributed by atoms with Crippen LogP contribution in [0.15, 0.2) is 18.2 Å². The minimum atomic E-state index is -0.881. The quantitative estimate of drug-likeness (QED) is 0.789. The van der Waals surface area contributed by atoms with E-state index in [0.717, 1.165) is 0 Å². The average molecular weight is 197 g/mol. The number of methoxy groups -OCH3 is 2. The Labute approximate surface area is 81.4 Å². The Balaban J connectivity index is 2.98. The molecule has 5 nitrogen and oxygen atoms in total. The summed E-state index contributed by atoms with van der Waals surface area (Å²) < 4.78 is 14.6. The predicted molar refractivity (Wildman–Crippen MR) is 49.8 cm³/mol. The summed E-state index contributed by atoms with van der Waals surface area (Å²) in [4.78, 5) is 10.5. The Morgan fingerprint density at radius 2 is 1.93 bits per heavy atom. The fraction of sp³-hybridized carbons (Fsp3) is 0.222. The third kappa shape index (κ3) is 2.29. The number of amides is 1. The maximum absolute atomic E-state index is 10.5. The molecule has 1 rings (SSSR count). The molecule has 14 heavy (non-hydrogen) atoms. The normalized spacial score (nSPS) is 9.29. The molecular formula is C9H11NO4. The molecule has 0 saturated carbocycles. The van der Waals surface area contributed by atoms with Crippen molar-refractivity contribution in [1.29, 1.82) is 0 Å². The van der Waals surface area contributed by atoms with Crippen molar-refractivity contribution in [2.45, 2.75) is 0 Å². The summed E-state index contributed by atoms with van der Waals surface area (Å²) in [5.74, 6) is 1.27. The highest BCUT2D eigenvalue weighted by Gasteiger charge is 2.08. The number of carbonyl (C=O) groups excluding carboxylic acids is 1. The van der Waals surface area contributed by atoms with Gasteiger partial charge in [0.15, 0.2) is 11.5 Å². The summed E-state index contributed by atoms with van der Waals surface area (Å²) in [5.41, 5.74) is 4.87. The predicted octanol–water partition coefficient (Wildman–Crippen LogP) is 1.16. The van der Waals surface area contributed by atoms with Crippen molar-refractivity contribution in [3.8, 4) is 17.2 Å². The van der Waals surface area contributed by atoms with Gasteiger partial charge in [0.05, 0.1) is 14.2 Å². The monoisotopic (exact) mass is 197 g/mol. The van der Waals surface area contributed by atoms with Crippen molar-refractivity contribution in [2.75, 3.05) is 14.2 Å². The molecule has 0 fully saturated rings. The lowest BCUT2D eigenvalue weighted by atomic mass is 10.3. The maximum Gasteiger partial charge on any atom is 0.410 e. The van der Waals surface area contributed by atoms with E-state index in [-0.39, 0.29) is 5.75 Å². The van der Waals surface area contributed by atoms with Crippen molar-refractivity contribution >= 4 is 6.09 Å². The second kappa shape index (κ2) is 4.36. The summed E-state index contributed by atoms with van der Waals surface area (Å²) in [6.07, 6.45) is -0.881. The van der Waals surface area contributed by atoms with E-state index >= 15 is 0 Å². The number of carbonyl (C=O) groups is 1. The third-order valence-corrected chi connectivity index (χ3v) is 1.58. The van der Waals surface area contributed by atoms with Crippen LogP contribution in [0.2, 0.25) is 0 Å². The van der Waals surface area contributed by atoms with E-state index in [2.05, 4.69) is 0 Å². The second-order valence-corrected chi connectivity index (χ2v) is 2.44. The molecule has 76 valence electrons. The maximum atomic E-state index is 10.5. The second-order valence-electron chi connectivity index (χ2n) is 2.44. The van der Waals surface area contributed by atoms with E-state index in [9.17, 15) is 4.79 Å². The van der Waals surface area contributed by atoms with Crippen LogP contribution in [-0.2, 0) is 0 Å². The Hall–Kier alpha value is -1.91. The Kier molecular flexibility index (Phi) is 3.17. The molecule has 5 heteroatoms. The van der Waals surface area contributed by atoms with Crippen LogP contribution >= 0.6 is 0 Å². The first-order valence-electron chi connectivity index (χ1n) is 3.86. The summed E-state index contributed by atoms with van der Waals surface area (Å²) in [5, 5.41) is 0. The van der Waals surface area contributed by atoms with Gasteiger partial charge in [0.25, 0.3) is 0 Å². The first-order chi connectivity index (χ1) is 6.67. The van der Waals surface area contributed by atoms with Gasteiger partial charge in [-0.2, -0.15) is 0 Å². The van der Waals surface area contributed by atoms with Crippen molar-refractivity contribution < 1.29 is 19.0 Å². The molecule has 1 aromatic rings. The van der Waals surface area contributed by atoms with Crippen LogP contribution in [0.3, 0.4) is 0 Å². The molecule has 1 amide bonds. The van der Waals surface area contributed by atoms with Crippen LogP contribution in [0, 0.1) is 0 Å². The Bertz CT molecular complexity index is 338. The van der Waals surface area contributed by atoms with Gasteiger partial charge in [-0.3, -0.25) is 0 Å². The van der Waals surface area contributed by atoms with Crippen LogP contribution in [-0.4, -0.2) is 20.3 Å². The largest absolute Gasteiger partial charge is 0.497 e. The molecule has 0 heterocycles. The molecule has 0 radical (unpaired) electrons. The van der Waals surface area contributed by atoms with Gasteiger partial charge in [-0.25, -0.2) is 4.79 Å². The number of primary amides is 1. The third-order valence-electron chi connectivity index (χ3n) is 1.58. The fourth-order valence-electron chi connectivity index (χ4n) is 0.968. The lowest BCUT2D eigenvalue weighted by molar-refractivity contribution is 0.208. The van der Waals surface area contributed by atoms with Crippen molar-refractivity contribution in [3.05, 3.63) is 18.2 Å². The first-order valence-corrected chi connectivity index (χ1v) is 3.86. The molecule has 0 aliphatic heterocycles. The standard InChI is InChI=1S/C9H11NO4/c1-12-6-3-4-7(14-9(10)11)8(5-6)13-2/h3-5H,1-2H3,(H2,10,11). The van der Waals surface area contributed by atoms with Gasteiger partial charge in [-0.05, 0) is 12.1 Å². The highest BCUT2D eigenvalue weighted by atomic mass is 16.6. The van der Waals surface area contributed by atoms with Gasteiger partial charge in [-0.1, -0.05) is 0 Å². The van der Waals surface area contributed by atoms with Crippen LogP contribution < -0.4 is 19.9 Å². The number of benzene rings is 1. The minimum absolute atomic E-state index is 0.265. The lowest BCUT2D eigenvalue weighted by Crippen LogP contribution is -2.16. The molecule has 0 atom stereocenters. The zero-order valence-electron chi connectivity index (χ0n) is 7.94. The van der Waals surface area contributed by atoms with E-state index < -0.39 is 6.09 Å². The van der Waals surface area contributed by atoms with Crippen LogP contribution in [0.25, 0.3) is 0 Å². The number of nitrogens with two attached hydrogens (primary N) is 1. The van der Waals surface area contributed by atoms with Crippen molar-refractivity contribution in [3.63, 3.8) is 0 Å². The number of rotatable bonds is 3. The molecule has 0 saturated heterocycles. The molecule has 0 bridgehead atoms. The van der Waals surface area contributed by atoms with Crippen LogP contribution in [0.1, 0.15) is 0 Å². The van der Waals surface area contributed by atoms with E-state index in [1.54, 1.807) is 18.2 Å². The molecule has 1 aromatic carbocycles. The van der Waals surface area contributed by atoms with Gasteiger partial charge >= 0.3 is 6.09 Å². The smallest absolute Gasteiger partial charge is 0.410 e. The highest BCUT2D eigenvalue weighted by Crippen LogP contribution is 2.30. The molecule has 0 aliphatic carbocycles.